The molecule has 0 unspecified atom stereocenters. The fourth-order valence-corrected chi connectivity index (χ4v) is 14.5. The first kappa shape index (κ1) is 108. The highest BCUT2D eigenvalue weighted by atomic mass is 16.4. The first-order valence-electron chi connectivity index (χ1n) is 42.2. The van der Waals surface area contributed by atoms with E-state index in [9.17, 15) is 141 Å². The molecule has 1 aromatic heterocycles. The zero-order chi connectivity index (χ0) is 96.6. The molecule has 0 radical (unpaired) electrons. The maximum atomic E-state index is 14.5. The maximum Gasteiger partial charge on any atom is 0.322 e. The number of nitrogens with zero attached hydrogens (tertiary/aromatic N) is 5. The molecule has 0 bridgehead atoms. The summed E-state index contributed by atoms with van der Waals surface area (Å²) in [5.41, 5.74) is 16.7. The van der Waals surface area contributed by atoms with E-state index in [-0.39, 0.29) is 128 Å². The van der Waals surface area contributed by atoms with Gasteiger partial charge in [-0.25, -0.2) is 4.98 Å². The molecular weight excluding hydrogens is 1730 g/mol. The number of hydrogen-bond acceptors (Lipinski definition) is 31. The maximum absolute atomic E-state index is 14.5. The minimum Gasteiger partial charge on any atom is -0.481 e. The van der Waals surface area contributed by atoms with Gasteiger partial charge in [-0.3, -0.25) is 105 Å². The molecule has 5 heterocycles. The van der Waals surface area contributed by atoms with E-state index in [1.807, 2.05) is 5.32 Å². The number of hydrogen-bond donors (Lipinski definition) is 27. The summed E-state index contributed by atoms with van der Waals surface area (Å²) in [5.74, 6) is -23.7. The summed E-state index contributed by atoms with van der Waals surface area (Å²) in [5, 5.41) is 116. The number of aromatic nitrogens is 2. The molecule has 4 aliphatic rings. The van der Waals surface area contributed by atoms with Gasteiger partial charge in [0.1, 0.15) is 91.1 Å². The number of nitrogens with two attached hydrogens (primary N) is 3. The van der Waals surface area contributed by atoms with Crippen molar-refractivity contribution in [2.24, 2.45) is 17.2 Å². The first-order valence-corrected chi connectivity index (χ1v) is 42.2. The fourth-order valence-electron chi connectivity index (χ4n) is 14.5. The van der Waals surface area contributed by atoms with E-state index >= 15 is 0 Å². The van der Waals surface area contributed by atoms with Crippen LogP contribution in [0.2, 0.25) is 0 Å². The van der Waals surface area contributed by atoms with Crippen molar-refractivity contribution in [3.63, 3.8) is 0 Å². The molecule has 724 valence electrons. The molecule has 0 aliphatic carbocycles. The standard InChI is InChI=1S/C76H120N24O30/c1-38(104)61(95-64(118)42(12-4-6-20-78)88-65(119)45(26-59(113)114)90-67(121)46(34-101)92-63(117)41(11-3-5-19-77)89-69(123)50-14-8-22-98(50)73(127)43(17-18-58(111)112)87-57(110)32-83-54(107)29-81-53(106)27-79)71(125)91-44(25-40-28-80-37-86-40)66(120)96-62(39(2)105)72(126)94-48(36-103)75(129)100-24-10-16-52(100)76(130)99-23-9-15-51(99)70(124)93-47(35-102)74(128)97-21-7-13-49(97)68(122)85-31-56(109)82-30-55(108)84-33-60(115)116/h28,37-39,41-52,61-62,101-105H,3-27,29-36,77-79H2,1-2H3,(H,80,86)(H,81,106)(H,82,109)(H,83,107)(H,84,108)(H,85,122)(H,87,110)(H,88,119)(H,89,123)(H,90,121)(H,91,125)(H,92,117)(H,93,124)(H,94,126)(H,95,118)(H,96,120)(H,111,112)(H,113,114)(H,115,116)/t38-,39-,41+,42+,43+,44+,45+,46+,47+,48+,49+,50+,51+,52+,61+,62+/m1/s1. The van der Waals surface area contributed by atoms with Crippen LogP contribution in [0.5, 0.6) is 0 Å². The lowest BCUT2D eigenvalue weighted by Crippen LogP contribution is -2.63. The number of aliphatic hydroxyl groups excluding tert-OH is 5. The number of carbonyl (C=O) groups is 22. The lowest BCUT2D eigenvalue weighted by Gasteiger charge is -2.33. The second-order valence-corrected chi connectivity index (χ2v) is 31.1. The summed E-state index contributed by atoms with van der Waals surface area (Å²) in [6.45, 7) is -5.07. The number of nitrogens with one attached hydrogen (secondary N) is 16. The first-order chi connectivity index (χ1) is 61.7. The Kier molecular flexibility index (Phi) is 45.2. The molecule has 16 atom stereocenters. The van der Waals surface area contributed by atoms with Gasteiger partial charge in [-0.2, -0.15) is 0 Å². The van der Waals surface area contributed by atoms with Crippen LogP contribution in [0, 0.1) is 0 Å². The molecule has 4 aliphatic heterocycles. The Morgan fingerprint density at radius 1 is 0.392 bits per heavy atom. The molecule has 0 saturated carbocycles. The van der Waals surface area contributed by atoms with Crippen molar-refractivity contribution >= 4 is 130 Å². The molecule has 19 amide bonds. The van der Waals surface area contributed by atoms with Crippen molar-refractivity contribution in [3.05, 3.63) is 18.2 Å². The largest absolute Gasteiger partial charge is 0.481 e. The molecule has 0 spiro atoms. The Labute approximate surface area is 743 Å². The number of rotatable bonds is 55. The van der Waals surface area contributed by atoms with Gasteiger partial charge in [0.25, 0.3) is 0 Å². The van der Waals surface area contributed by atoms with E-state index in [0.29, 0.717) is 6.42 Å². The lowest BCUT2D eigenvalue weighted by atomic mass is 10.0. The zero-order valence-corrected chi connectivity index (χ0v) is 71.8. The van der Waals surface area contributed by atoms with Crippen LogP contribution in [0.3, 0.4) is 0 Å². The summed E-state index contributed by atoms with van der Waals surface area (Å²) < 4.78 is 0. The molecule has 54 heteroatoms. The molecule has 4 fully saturated rings. The SMILES string of the molecule is C[C@@H](O)[C@H](NC(=O)[C@H](CCCCN)NC(=O)[C@H](CC(=O)O)NC(=O)[C@H](CO)NC(=O)[C@H](CCCCN)NC(=O)[C@@H]1CCCN1C(=O)[C@H](CCC(=O)O)NC(=O)CNC(=O)CNC(=O)CN)C(=O)N[C@@H](Cc1c[nH]cn1)C(=O)N[C@H](C(=O)N[C@@H](CO)C(=O)N1CCC[C@H]1C(=O)N1CCC[C@H]1C(=O)N[C@@H](CO)C(=O)N1CCC[C@H]1C(=O)NCC(=O)NCC(=O)NCC(=O)O)[C@@H](C)O. The second-order valence-electron chi connectivity index (χ2n) is 31.1. The van der Waals surface area contributed by atoms with E-state index in [0.717, 1.165) is 33.4 Å². The fraction of sp³-hybridized carbons (Fsp3) is 0.671. The van der Waals surface area contributed by atoms with Crippen LogP contribution in [0.15, 0.2) is 12.5 Å². The Bertz CT molecular complexity index is 4160. The van der Waals surface area contributed by atoms with Crippen molar-refractivity contribution in [1.82, 2.24) is 109 Å². The highest BCUT2D eigenvalue weighted by Crippen LogP contribution is 2.28. The average Bonchev–Trinajstić information content (AvgIpc) is 1.65. The number of aromatic amines is 1. The normalized spacial score (nSPS) is 18.5. The molecule has 0 aromatic carbocycles. The molecular formula is C76H120N24O30. The van der Waals surface area contributed by atoms with Gasteiger partial charge in [-0.15, -0.1) is 0 Å². The van der Waals surface area contributed by atoms with Gasteiger partial charge in [-0.05, 0) is 123 Å². The number of aliphatic carboxylic acids is 3. The Hall–Kier alpha value is -12.8. The number of carbonyl (C=O) groups excluding carboxylic acids is 19. The number of H-pyrrole nitrogens is 1. The topological polar surface area (TPSA) is 838 Å². The smallest absolute Gasteiger partial charge is 0.322 e. The van der Waals surface area contributed by atoms with Crippen molar-refractivity contribution in [3.8, 4) is 0 Å². The number of imidazole rings is 1. The number of likely N-dealkylation sites (tertiary alicyclic amines) is 4. The number of carboxylic acid groups (broad SMARTS) is 3. The number of aliphatic hydroxyl groups is 5. The van der Waals surface area contributed by atoms with Gasteiger partial charge >= 0.3 is 17.9 Å². The van der Waals surface area contributed by atoms with Crippen LogP contribution >= 0.6 is 0 Å². The van der Waals surface area contributed by atoms with Crippen LogP contribution < -0.4 is 97.0 Å². The second kappa shape index (κ2) is 54.5. The van der Waals surface area contributed by atoms with Gasteiger partial charge in [0, 0.05) is 45.2 Å². The quantitative estimate of drug-likeness (QED) is 0.0269. The van der Waals surface area contributed by atoms with Crippen molar-refractivity contribution < 1.29 is 146 Å². The lowest BCUT2D eigenvalue weighted by molar-refractivity contribution is -0.149. The van der Waals surface area contributed by atoms with Crippen LogP contribution in [0.1, 0.15) is 129 Å². The van der Waals surface area contributed by atoms with Gasteiger partial charge in [-0.1, -0.05) is 0 Å². The number of unbranched alkanes of at least 4 members (excludes halogenated alkanes) is 2. The van der Waals surface area contributed by atoms with Crippen molar-refractivity contribution in [2.75, 3.05) is 98.4 Å². The highest BCUT2D eigenvalue weighted by Gasteiger charge is 2.47. The van der Waals surface area contributed by atoms with Gasteiger partial charge in [0.2, 0.25) is 112 Å². The van der Waals surface area contributed by atoms with Gasteiger partial charge in [0.05, 0.1) is 83.2 Å². The van der Waals surface area contributed by atoms with Crippen molar-refractivity contribution in [2.45, 2.75) is 226 Å². The Morgan fingerprint density at radius 3 is 1.25 bits per heavy atom. The predicted octanol–water partition coefficient (Wildman–Crippen LogP) is -15.3. The van der Waals surface area contributed by atoms with Crippen molar-refractivity contribution in [1.29, 1.82) is 0 Å². The third-order valence-corrected chi connectivity index (χ3v) is 21.3. The van der Waals surface area contributed by atoms with E-state index in [1.54, 1.807) is 0 Å². The van der Waals surface area contributed by atoms with Crippen LogP contribution in [-0.4, -0.2) is 396 Å². The Balaban J connectivity index is 1.24. The highest BCUT2D eigenvalue weighted by molar-refractivity contribution is 6.02. The molecule has 130 heavy (non-hydrogen) atoms. The minimum absolute atomic E-state index is 0.00512. The molecule has 5 rings (SSSR count). The summed E-state index contributed by atoms with van der Waals surface area (Å²) in [7, 11) is 0. The monoisotopic (exact) mass is 1850 g/mol. The molecule has 54 nitrogen and oxygen atoms in total. The molecule has 4 saturated heterocycles. The molecule has 1 aromatic rings. The minimum atomic E-state index is -2.14. The third kappa shape index (κ3) is 34.0. The van der Waals surface area contributed by atoms with Crippen LogP contribution in [0.4, 0.5) is 0 Å². The molecule has 30 N–H and O–H groups in total. The summed E-state index contributed by atoms with van der Waals surface area (Å²) in [6, 6.07) is -23.6. The van der Waals surface area contributed by atoms with E-state index in [2.05, 4.69) is 84.4 Å². The third-order valence-electron chi connectivity index (χ3n) is 21.3. The van der Waals surface area contributed by atoms with Gasteiger partial charge in [0.15, 0.2) is 0 Å². The summed E-state index contributed by atoms with van der Waals surface area (Å²) in [4.78, 5) is 305. The van der Waals surface area contributed by atoms with Gasteiger partial charge < -0.3 is 162 Å². The summed E-state index contributed by atoms with van der Waals surface area (Å²) >= 11 is 0. The van der Waals surface area contributed by atoms with Crippen LogP contribution in [0.25, 0.3) is 0 Å². The number of carboxylic acids is 3. The number of amides is 19. The van der Waals surface area contributed by atoms with E-state index in [1.165, 1.54) is 12.5 Å². The summed E-state index contributed by atoms with van der Waals surface area (Å²) in [6.07, 6.45) is -2.90. The average molecular weight is 1850 g/mol. The Morgan fingerprint density at radius 2 is 0.777 bits per heavy atom. The predicted molar refractivity (Wildman–Crippen MR) is 442 cm³/mol. The van der Waals surface area contributed by atoms with Crippen LogP contribution in [-0.2, 0) is 112 Å². The zero-order valence-electron chi connectivity index (χ0n) is 71.8. The van der Waals surface area contributed by atoms with E-state index < -0.39 is 312 Å². The van der Waals surface area contributed by atoms with E-state index in [4.69, 9.17) is 22.3 Å².